The number of halogens is 5. The number of carbonyl (C=O) groups excluding carboxylic acids is 3. The number of aryl methyl sites for hydroxylation is 1. The third-order valence-corrected chi connectivity index (χ3v) is 11.7. The van der Waals surface area contributed by atoms with Crippen molar-refractivity contribution in [2.45, 2.75) is 77.1 Å². The molecule has 3 aliphatic rings. The number of benzene rings is 2. The molecule has 14 nitrogen and oxygen atoms in total. The third kappa shape index (κ3) is 7.42. The highest BCUT2D eigenvalue weighted by atomic mass is 19.4. The summed E-state index contributed by atoms with van der Waals surface area (Å²) in [6, 6.07) is 10.7. The molecule has 3 fully saturated rings. The van der Waals surface area contributed by atoms with Crippen molar-refractivity contribution in [3.8, 4) is 22.6 Å². The zero-order valence-electron chi connectivity index (χ0n) is 32.4. The highest BCUT2D eigenvalue weighted by molar-refractivity contribution is 6.05. The van der Waals surface area contributed by atoms with Crippen LogP contribution in [-0.2, 0) is 16.8 Å². The number of anilines is 1. The Bertz CT molecular complexity index is 2470. The van der Waals surface area contributed by atoms with E-state index < -0.39 is 41.0 Å². The summed E-state index contributed by atoms with van der Waals surface area (Å²) in [4.78, 5) is 52.6. The van der Waals surface area contributed by atoms with E-state index in [9.17, 15) is 27.6 Å². The molecule has 2 saturated heterocycles. The van der Waals surface area contributed by atoms with Crippen LogP contribution in [0, 0.1) is 24.0 Å². The average molecular weight is 819 g/mol. The number of H-pyrrole nitrogens is 1. The van der Waals surface area contributed by atoms with Gasteiger partial charge in [0.25, 0.3) is 5.91 Å². The van der Waals surface area contributed by atoms with Gasteiger partial charge in [0.05, 0.1) is 12.2 Å². The van der Waals surface area contributed by atoms with E-state index in [2.05, 4.69) is 45.8 Å². The van der Waals surface area contributed by atoms with Gasteiger partial charge >= 0.3 is 12.2 Å². The number of rotatable bonds is 10. The number of imide groups is 1. The number of urea groups is 1. The average Bonchev–Trinajstić information content (AvgIpc) is 3.84. The maximum absolute atomic E-state index is 15.7. The Labute approximate surface area is 334 Å². The fourth-order valence-corrected chi connectivity index (χ4v) is 7.95. The number of alkyl halides is 3. The first kappa shape index (κ1) is 39.7. The molecule has 2 aromatic carbocycles. The van der Waals surface area contributed by atoms with Crippen molar-refractivity contribution < 1.29 is 40.9 Å². The van der Waals surface area contributed by atoms with Gasteiger partial charge in [-0.2, -0.15) is 18.3 Å². The van der Waals surface area contributed by atoms with Crippen LogP contribution >= 0.6 is 0 Å². The first-order valence-corrected chi connectivity index (χ1v) is 18.9. The molecule has 5 heterocycles. The van der Waals surface area contributed by atoms with Crippen molar-refractivity contribution in [3.05, 3.63) is 94.5 Å². The monoisotopic (exact) mass is 818 g/mol. The zero-order chi connectivity index (χ0) is 42.0. The number of hydrogen-bond donors (Lipinski definition) is 3. The van der Waals surface area contributed by atoms with Crippen molar-refractivity contribution in [1.82, 2.24) is 45.8 Å². The van der Waals surface area contributed by atoms with Gasteiger partial charge < -0.3 is 9.84 Å². The van der Waals surface area contributed by atoms with E-state index in [1.807, 2.05) is 19.1 Å². The molecule has 3 aromatic heterocycles. The lowest BCUT2D eigenvalue weighted by atomic mass is 9.56. The maximum atomic E-state index is 15.7. The summed E-state index contributed by atoms with van der Waals surface area (Å²) < 4.78 is 76.0. The molecule has 0 radical (unpaired) electrons. The zero-order valence-corrected chi connectivity index (χ0v) is 32.4. The molecule has 1 unspecified atom stereocenters. The number of aromatic amines is 1. The van der Waals surface area contributed by atoms with E-state index >= 15 is 8.78 Å². The van der Waals surface area contributed by atoms with Gasteiger partial charge in [-0.05, 0) is 81.2 Å². The van der Waals surface area contributed by atoms with Crippen LogP contribution in [0.3, 0.4) is 0 Å². The van der Waals surface area contributed by atoms with E-state index in [4.69, 9.17) is 4.52 Å². The number of aromatic nitrogens is 6. The molecular formula is C40H39F5N10O4. The molecule has 19 heteroatoms. The molecule has 5 aromatic rings. The van der Waals surface area contributed by atoms with Crippen molar-refractivity contribution in [2.75, 3.05) is 24.5 Å². The molecular weight excluding hydrogens is 779 g/mol. The van der Waals surface area contributed by atoms with Crippen molar-refractivity contribution in [2.24, 2.45) is 5.41 Å². The van der Waals surface area contributed by atoms with Gasteiger partial charge in [-0.1, -0.05) is 23.4 Å². The largest absolute Gasteiger partial charge is 0.401 e. The molecule has 2 aliphatic heterocycles. The highest BCUT2D eigenvalue weighted by Crippen LogP contribution is 2.57. The molecule has 308 valence electrons. The van der Waals surface area contributed by atoms with E-state index in [1.54, 1.807) is 19.1 Å². The van der Waals surface area contributed by atoms with Crippen molar-refractivity contribution in [1.29, 1.82) is 0 Å². The fourth-order valence-electron chi connectivity index (χ4n) is 7.95. The van der Waals surface area contributed by atoms with Crippen LogP contribution in [0.15, 0.2) is 53.2 Å². The number of nitrogens with zero attached hydrogens (tertiary/aromatic N) is 7. The number of hydrogen-bond acceptors (Lipinski definition) is 10. The van der Waals surface area contributed by atoms with Crippen LogP contribution in [0.25, 0.3) is 22.6 Å². The minimum atomic E-state index is -4.57. The van der Waals surface area contributed by atoms with Gasteiger partial charge in [-0.3, -0.25) is 29.8 Å². The molecule has 4 amide bonds. The van der Waals surface area contributed by atoms with Crippen LogP contribution in [0.2, 0.25) is 0 Å². The predicted octanol–water partition coefficient (Wildman–Crippen LogP) is 6.66. The molecule has 1 atom stereocenters. The second-order valence-electron chi connectivity index (χ2n) is 16.1. The molecule has 59 heavy (non-hydrogen) atoms. The van der Waals surface area contributed by atoms with Gasteiger partial charge in [-0.25, -0.2) is 28.5 Å². The van der Waals surface area contributed by atoms with Crippen LogP contribution in [0.5, 0.6) is 0 Å². The van der Waals surface area contributed by atoms with Crippen LogP contribution in [0.4, 0.5) is 32.4 Å². The number of amides is 4. The number of nitrogens with one attached hydrogen (secondary N) is 3. The second-order valence-corrected chi connectivity index (χ2v) is 16.1. The maximum Gasteiger partial charge on any atom is 0.401 e. The molecule has 0 bridgehead atoms. The minimum absolute atomic E-state index is 0.0137. The fraction of sp³-hybridized carbons (Fsp3) is 0.400. The van der Waals surface area contributed by atoms with Crippen molar-refractivity contribution >= 4 is 23.5 Å². The van der Waals surface area contributed by atoms with Gasteiger partial charge in [-0.15, -0.1) is 0 Å². The Morgan fingerprint density at radius 2 is 1.80 bits per heavy atom. The van der Waals surface area contributed by atoms with E-state index in [0.717, 1.165) is 50.9 Å². The molecule has 8 rings (SSSR count). The first-order chi connectivity index (χ1) is 27.9. The minimum Gasteiger partial charge on any atom is -0.350 e. The predicted molar refractivity (Wildman–Crippen MR) is 201 cm³/mol. The molecule has 1 saturated carbocycles. The Balaban J connectivity index is 0.848. The summed E-state index contributed by atoms with van der Waals surface area (Å²) in [6.45, 7) is 7.19. The standard InChI is InChI=1S/C40H39F5N10O4/c1-20-26(16-46-34(48-20)29-13-31(59-53-29)35(57)47-17-32-49-36(52-51-32)38(3,4)40(43,44)45)25-7-5-22(11-27(25)41)21(2)54-18-39(19-54)14-24(15-39)23-6-8-30(28(42)12-23)55-10-9-33(56)50-37(55)58/h5-8,11-13,16,21,24H,9-10,14-15,17-19H2,1-4H3,(H,47,57)(H,49,51,52)(H,50,56,58). The Morgan fingerprint density at radius 1 is 1.03 bits per heavy atom. The summed E-state index contributed by atoms with van der Waals surface area (Å²) in [6.07, 6.45) is -1.18. The Hall–Kier alpha value is -6.11. The van der Waals surface area contributed by atoms with E-state index in [0.29, 0.717) is 16.8 Å². The van der Waals surface area contributed by atoms with E-state index in [1.165, 1.54) is 29.3 Å². The summed E-state index contributed by atoms with van der Waals surface area (Å²) in [5.74, 6) is -2.33. The molecule has 1 aliphatic carbocycles. The summed E-state index contributed by atoms with van der Waals surface area (Å²) in [5, 5.41) is 14.6. The normalized spacial score (nSPS) is 17.7. The Kier molecular flexibility index (Phi) is 9.84. The van der Waals surface area contributed by atoms with Gasteiger partial charge in [0.1, 0.15) is 22.9 Å². The SMILES string of the molecule is Cc1nc(-c2cc(C(=O)NCc3nc(C(C)(C)C(F)(F)F)n[nH]3)on2)ncc1-c1ccc(C(C)N2CC3(CC(c4ccc(N5CCC(=O)NC5=O)c(F)c4)C3)C2)cc1F. The van der Waals surface area contributed by atoms with E-state index in [-0.39, 0.29) is 71.6 Å². The molecule has 3 N–H and O–H groups in total. The smallest absolute Gasteiger partial charge is 0.350 e. The van der Waals surface area contributed by atoms with Crippen LogP contribution in [-0.4, -0.2) is 78.9 Å². The lowest BCUT2D eigenvalue weighted by Gasteiger charge is -2.61. The quantitative estimate of drug-likeness (QED) is 0.129. The number of likely N-dealkylation sites (tertiary alicyclic amines) is 1. The lowest BCUT2D eigenvalue weighted by molar-refractivity contribution is -0.182. The lowest BCUT2D eigenvalue weighted by Crippen LogP contribution is -2.61. The van der Waals surface area contributed by atoms with Gasteiger partial charge in [0, 0.05) is 61.2 Å². The van der Waals surface area contributed by atoms with Crippen molar-refractivity contribution in [3.63, 3.8) is 0 Å². The number of carbonyl (C=O) groups is 3. The second kappa shape index (κ2) is 14.6. The van der Waals surface area contributed by atoms with Crippen LogP contribution in [0.1, 0.15) is 91.0 Å². The van der Waals surface area contributed by atoms with Gasteiger partial charge in [0.15, 0.2) is 17.3 Å². The topological polar surface area (TPSA) is 175 Å². The van der Waals surface area contributed by atoms with Gasteiger partial charge in [0.2, 0.25) is 11.7 Å². The Morgan fingerprint density at radius 3 is 2.47 bits per heavy atom. The summed E-state index contributed by atoms with van der Waals surface area (Å²) >= 11 is 0. The summed E-state index contributed by atoms with van der Waals surface area (Å²) in [7, 11) is 0. The third-order valence-electron chi connectivity index (χ3n) is 11.7. The first-order valence-electron chi connectivity index (χ1n) is 18.9. The highest BCUT2D eigenvalue weighted by Gasteiger charge is 2.54. The summed E-state index contributed by atoms with van der Waals surface area (Å²) in [5.41, 5.74) is 1.06. The van der Waals surface area contributed by atoms with Crippen LogP contribution < -0.4 is 15.5 Å². The molecule has 1 spiro atoms.